The zero-order valence-corrected chi connectivity index (χ0v) is 8.49. The summed E-state index contributed by atoms with van der Waals surface area (Å²) in [5.41, 5.74) is 0.702. The molecule has 0 fully saturated rings. The summed E-state index contributed by atoms with van der Waals surface area (Å²) >= 11 is 0. The molecule has 0 unspecified atom stereocenters. The number of rotatable bonds is 3. The van der Waals surface area contributed by atoms with Gasteiger partial charge in [0.2, 0.25) is 0 Å². The number of carbonyl (C=O) groups excluding carboxylic acids is 1. The van der Waals surface area contributed by atoms with E-state index in [1.807, 2.05) is 6.07 Å². The van der Waals surface area contributed by atoms with Gasteiger partial charge in [-0.15, -0.1) is 0 Å². The Morgan fingerprint density at radius 1 is 1.31 bits per heavy atom. The molecule has 2 aromatic rings. The van der Waals surface area contributed by atoms with Crippen LogP contribution in [-0.4, -0.2) is 15.9 Å². The topological polar surface area (TPSA) is 77.8 Å². The van der Waals surface area contributed by atoms with E-state index in [9.17, 15) is 9.59 Å². The summed E-state index contributed by atoms with van der Waals surface area (Å²) in [6.45, 7) is 0.399. The number of pyridine rings is 1. The molecule has 0 bridgehead atoms. The van der Waals surface area contributed by atoms with Crippen molar-refractivity contribution < 1.29 is 4.79 Å². The Kier molecular flexibility index (Phi) is 2.86. The van der Waals surface area contributed by atoms with Gasteiger partial charge in [0.1, 0.15) is 5.56 Å². The maximum absolute atomic E-state index is 11.6. The monoisotopic (exact) mass is 217 g/mol. The van der Waals surface area contributed by atoms with Crippen molar-refractivity contribution >= 4 is 5.91 Å². The average Bonchev–Trinajstić information content (AvgIpc) is 2.79. The van der Waals surface area contributed by atoms with Crippen LogP contribution in [0.4, 0.5) is 0 Å². The van der Waals surface area contributed by atoms with Crippen LogP contribution in [-0.2, 0) is 6.54 Å². The molecule has 0 aromatic carbocycles. The average molecular weight is 217 g/mol. The van der Waals surface area contributed by atoms with Gasteiger partial charge in [-0.05, 0) is 23.8 Å². The normalized spacial score (nSPS) is 10.0. The Morgan fingerprint density at radius 3 is 2.88 bits per heavy atom. The Morgan fingerprint density at radius 2 is 2.19 bits per heavy atom. The number of hydrogen-bond donors (Lipinski definition) is 3. The molecule has 0 spiro atoms. The number of amides is 1. The van der Waals surface area contributed by atoms with Crippen LogP contribution in [0.1, 0.15) is 15.9 Å². The van der Waals surface area contributed by atoms with Crippen molar-refractivity contribution in [2.75, 3.05) is 0 Å². The number of aromatic amines is 2. The van der Waals surface area contributed by atoms with E-state index in [-0.39, 0.29) is 17.0 Å². The van der Waals surface area contributed by atoms with Crippen molar-refractivity contribution in [1.29, 1.82) is 0 Å². The first kappa shape index (κ1) is 10.2. The van der Waals surface area contributed by atoms with Crippen molar-refractivity contribution in [3.05, 3.63) is 58.3 Å². The fraction of sp³-hybridized carbons (Fsp3) is 0.0909. The number of carbonyl (C=O) groups is 1. The SMILES string of the molecule is O=C(NCc1cc[nH]c1)c1ccc[nH]c1=O. The molecule has 82 valence electrons. The summed E-state index contributed by atoms with van der Waals surface area (Å²) < 4.78 is 0. The minimum absolute atomic E-state index is 0.123. The van der Waals surface area contributed by atoms with Gasteiger partial charge in [0.15, 0.2) is 0 Å². The van der Waals surface area contributed by atoms with Gasteiger partial charge in [0, 0.05) is 25.1 Å². The van der Waals surface area contributed by atoms with Gasteiger partial charge in [-0.1, -0.05) is 0 Å². The van der Waals surface area contributed by atoms with E-state index in [0.717, 1.165) is 5.56 Å². The molecule has 2 rings (SSSR count). The summed E-state index contributed by atoms with van der Waals surface area (Å²) in [6.07, 6.45) is 5.05. The lowest BCUT2D eigenvalue weighted by Gasteiger charge is -2.02. The number of nitrogens with one attached hydrogen (secondary N) is 3. The molecule has 0 aliphatic rings. The minimum atomic E-state index is -0.380. The highest BCUT2D eigenvalue weighted by Crippen LogP contribution is 1.96. The molecule has 0 aliphatic carbocycles. The van der Waals surface area contributed by atoms with Crippen LogP contribution in [0, 0.1) is 0 Å². The van der Waals surface area contributed by atoms with Crippen LogP contribution in [0.15, 0.2) is 41.6 Å². The van der Waals surface area contributed by atoms with Gasteiger partial charge in [0.25, 0.3) is 11.5 Å². The second-order valence-corrected chi connectivity index (χ2v) is 3.31. The maximum atomic E-state index is 11.6. The minimum Gasteiger partial charge on any atom is -0.367 e. The maximum Gasteiger partial charge on any atom is 0.260 e. The highest BCUT2D eigenvalue weighted by Gasteiger charge is 2.08. The standard InChI is InChI=1S/C11H11N3O2/c15-10-9(2-1-4-13-10)11(16)14-7-8-3-5-12-6-8/h1-6,12H,7H2,(H,13,15)(H,14,16). The predicted molar refractivity (Wildman–Crippen MR) is 59.0 cm³/mol. The summed E-state index contributed by atoms with van der Waals surface area (Å²) in [4.78, 5) is 28.3. The van der Waals surface area contributed by atoms with Crippen LogP contribution in [0.2, 0.25) is 0 Å². The van der Waals surface area contributed by atoms with Gasteiger partial charge in [-0.3, -0.25) is 9.59 Å². The molecule has 5 nitrogen and oxygen atoms in total. The molecule has 0 aliphatic heterocycles. The van der Waals surface area contributed by atoms with Crippen LogP contribution in [0.3, 0.4) is 0 Å². The van der Waals surface area contributed by atoms with Gasteiger partial charge in [0.05, 0.1) is 0 Å². The second-order valence-electron chi connectivity index (χ2n) is 3.31. The van der Waals surface area contributed by atoms with E-state index in [4.69, 9.17) is 0 Å². The quantitative estimate of drug-likeness (QED) is 0.705. The zero-order chi connectivity index (χ0) is 11.4. The molecule has 0 radical (unpaired) electrons. The first-order valence-electron chi connectivity index (χ1n) is 4.85. The fourth-order valence-electron chi connectivity index (χ4n) is 1.35. The van der Waals surface area contributed by atoms with Gasteiger partial charge in [-0.2, -0.15) is 0 Å². The first-order valence-corrected chi connectivity index (χ1v) is 4.85. The van der Waals surface area contributed by atoms with Crippen LogP contribution < -0.4 is 10.9 Å². The summed E-state index contributed by atoms with van der Waals surface area (Å²) in [5, 5.41) is 2.66. The van der Waals surface area contributed by atoms with Crippen LogP contribution in [0.25, 0.3) is 0 Å². The highest BCUT2D eigenvalue weighted by molar-refractivity contribution is 5.93. The summed E-state index contributed by atoms with van der Waals surface area (Å²) in [6, 6.07) is 4.97. The fourth-order valence-corrected chi connectivity index (χ4v) is 1.35. The van der Waals surface area contributed by atoms with E-state index in [1.165, 1.54) is 12.3 Å². The molecule has 0 saturated heterocycles. The third-order valence-corrected chi connectivity index (χ3v) is 2.18. The van der Waals surface area contributed by atoms with Crippen molar-refractivity contribution in [1.82, 2.24) is 15.3 Å². The zero-order valence-electron chi connectivity index (χ0n) is 8.49. The van der Waals surface area contributed by atoms with Crippen molar-refractivity contribution in [3.63, 3.8) is 0 Å². The molecule has 1 amide bonds. The molecular weight excluding hydrogens is 206 g/mol. The van der Waals surface area contributed by atoms with E-state index >= 15 is 0 Å². The molecule has 5 heteroatoms. The third-order valence-electron chi connectivity index (χ3n) is 2.18. The largest absolute Gasteiger partial charge is 0.367 e. The Bertz CT molecular complexity index is 528. The van der Waals surface area contributed by atoms with Crippen LogP contribution in [0.5, 0.6) is 0 Å². The Balaban J connectivity index is 2.04. The Hall–Kier alpha value is -2.30. The molecular formula is C11H11N3O2. The van der Waals surface area contributed by atoms with Gasteiger partial charge in [-0.25, -0.2) is 0 Å². The lowest BCUT2D eigenvalue weighted by Crippen LogP contribution is -2.28. The molecule has 2 aromatic heterocycles. The lowest BCUT2D eigenvalue weighted by molar-refractivity contribution is 0.0949. The second kappa shape index (κ2) is 4.48. The number of H-pyrrole nitrogens is 2. The van der Waals surface area contributed by atoms with Gasteiger partial charge >= 0.3 is 0 Å². The third kappa shape index (κ3) is 2.20. The summed E-state index contributed by atoms with van der Waals surface area (Å²) in [5.74, 6) is -0.372. The first-order chi connectivity index (χ1) is 7.77. The van der Waals surface area contributed by atoms with E-state index < -0.39 is 0 Å². The molecule has 16 heavy (non-hydrogen) atoms. The predicted octanol–water partition coefficient (Wildman–Crippen LogP) is 0.633. The van der Waals surface area contributed by atoms with E-state index in [0.29, 0.717) is 6.54 Å². The van der Waals surface area contributed by atoms with Crippen molar-refractivity contribution in [3.8, 4) is 0 Å². The summed E-state index contributed by atoms with van der Waals surface area (Å²) in [7, 11) is 0. The smallest absolute Gasteiger partial charge is 0.260 e. The molecule has 0 saturated carbocycles. The van der Waals surface area contributed by atoms with Crippen molar-refractivity contribution in [2.45, 2.75) is 6.54 Å². The van der Waals surface area contributed by atoms with E-state index in [1.54, 1.807) is 18.5 Å². The molecule has 3 N–H and O–H groups in total. The molecule has 0 atom stereocenters. The Labute approximate surface area is 91.5 Å². The highest BCUT2D eigenvalue weighted by atomic mass is 16.2. The number of aromatic nitrogens is 2. The lowest BCUT2D eigenvalue weighted by atomic mass is 10.2. The van der Waals surface area contributed by atoms with Crippen LogP contribution >= 0.6 is 0 Å². The van der Waals surface area contributed by atoms with Crippen molar-refractivity contribution in [2.24, 2.45) is 0 Å². The number of hydrogen-bond acceptors (Lipinski definition) is 2. The molecule has 2 heterocycles. The van der Waals surface area contributed by atoms with E-state index in [2.05, 4.69) is 15.3 Å². The van der Waals surface area contributed by atoms with Gasteiger partial charge < -0.3 is 15.3 Å².